The Kier molecular flexibility index (Phi) is 12.2. The molecule has 0 fully saturated rings. The van der Waals surface area contributed by atoms with Crippen LogP contribution in [-0.2, 0) is 32.0 Å². The third-order valence-electron chi connectivity index (χ3n) is 5.72. The van der Waals surface area contributed by atoms with Crippen LogP contribution in [0, 0.1) is 0 Å². The van der Waals surface area contributed by atoms with Gasteiger partial charge in [0.15, 0.2) is 0 Å². The molecule has 14 nitrogen and oxygen atoms in total. The normalized spacial score (nSPS) is 14.1. The number of amides is 3. The number of phenols is 1. The molecular formula is C24H35N7O7. The third kappa shape index (κ3) is 9.80. The quantitative estimate of drug-likeness (QED) is 0.106. The molecule has 0 bridgehead atoms. The first-order chi connectivity index (χ1) is 18.1. The van der Waals surface area contributed by atoms with Gasteiger partial charge in [0.25, 0.3) is 0 Å². The smallest absolute Gasteiger partial charge is 0.328 e. The van der Waals surface area contributed by atoms with E-state index in [1.165, 1.54) is 24.7 Å². The third-order valence-corrected chi connectivity index (χ3v) is 5.72. The number of carboxylic acids is 1. The molecule has 11 N–H and O–H groups in total. The number of hydrogen-bond acceptors (Lipinski definition) is 9. The minimum Gasteiger partial charge on any atom is -0.508 e. The molecule has 1 aromatic heterocycles. The van der Waals surface area contributed by atoms with Gasteiger partial charge in [-0.15, -0.1) is 0 Å². The Morgan fingerprint density at radius 1 is 0.921 bits per heavy atom. The molecule has 1 heterocycles. The zero-order valence-corrected chi connectivity index (χ0v) is 20.8. The summed E-state index contributed by atoms with van der Waals surface area (Å²) in [5, 5.41) is 35.2. The number of carboxylic acid groups (broad SMARTS) is 1. The number of aromatic hydroxyl groups is 1. The van der Waals surface area contributed by atoms with Gasteiger partial charge >= 0.3 is 5.97 Å². The Morgan fingerprint density at radius 2 is 1.55 bits per heavy atom. The van der Waals surface area contributed by atoms with E-state index in [1.54, 1.807) is 12.1 Å². The highest BCUT2D eigenvalue weighted by atomic mass is 16.4. The van der Waals surface area contributed by atoms with Gasteiger partial charge < -0.3 is 47.7 Å². The van der Waals surface area contributed by atoms with Crippen LogP contribution < -0.4 is 27.4 Å². The fourth-order valence-electron chi connectivity index (χ4n) is 3.57. The minimum atomic E-state index is -1.55. The summed E-state index contributed by atoms with van der Waals surface area (Å²) in [6.45, 7) is -0.476. The van der Waals surface area contributed by atoms with Crippen LogP contribution in [0.25, 0.3) is 0 Å². The Morgan fingerprint density at radius 3 is 2.13 bits per heavy atom. The second-order valence-electron chi connectivity index (χ2n) is 8.75. The van der Waals surface area contributed by atoms with E-state index in [-0.39, 0.29) is 25.0 Å². The van der Waals surface area contributed by atoms with E-state index in [1.807, 2.05) is 0 Å². The number of hydrogen-bond donors (Lipinski definition) is 9. The molecule has 0 aliphatic rings. The predicted molar refractivity (Wildman–Crippen MR) is 135 cm³/mol. The highest BCUT2D eigenvalue weighted by molar-refractivity contribution is 5.94. The van der Waals surface area contributed by atoms with Gasteiger partial charge in [0.1, 0.15) is 23.9 Å². The number of carbonyl (C=O) groups is 4. The first-order valence-corrected chi connectivity index (χ1v) is 12.1. The van der Waals surface area contributed by atoms with Crippen molar-refractivity contribution in [2.45, 2.75) is 56.3 Å². The number of aromatic amines is 1. The minimum absolute atomic E-state index is 0.00896. The van der Waals surface area contributed by atoms with Crippen molar-refractivity contribution in [2.24, 2.45) is 11.5 Å². The van der Waals surface area contributed by atoms with E-state index in [0.29, 0.717) is 30.6 Å². The van der Waals surface area contributed by atoms with E-state index < -0.39 is 54.5 Å². The summed E-state index contributed by atoms with van der Waals surface area (Å²) >= 11 is 0. The molecule has 0 spiro atoms. The molecule has 1 aromatic carbocycles. The van der Waals surface area contributed by atoms with Crippen LogP contribution in [0.4, 0.5) is 0 Å². The molecule has 4 unspecified atom stereocenters. The van der Waals surface area contributed by atoms with Crippen molar-refractivity contribution in [1.82, 2.24) is 25.9 Å². The van der Waals surface area contributed by atoms with E-state index >= 15 is 0 Å². The maximum atomic E-state index is 13.3. The number of imidazole rings is 1. The van der Waals surface area contributed by atoms with Crippen LogP contribution in [0.15, 0.2) is 36.8 Å². The molecule has 0 saturated heterocycles. The number of carbonyl (C=O) groups excluding carboxylic acids is 3. The van der Waals surface area contributed by atoms with Gasteiger partial charge in [0.2, 0.25) is 17.7 Å². The lowest BCUT2D eigenvalue weighted by atomic mass is 10.0. The number of rotatable bonds is 16. The zero-order valence-electron chi connectivity index (χ0n) is 20.8. The predicted octanol–water partition coefficient (Wildman–Crippen LogP) is -2.11. The summed E-state index contributed by atoms with van der Waals surface area (Å²) in [6.07, 6.45) is 4.21. The topological polar surface area (TPSA) is 246 Å². The van der Waals surface area contributed by atoms with Gasteiger partial charge in [-0.3, -0.25) is 14.4 Å². The Balaban J connectivity index is 2.15. The number of phenolic OH excluding ortho intramolecular Hbond substituents is 1. The number of unbranched alkanes of at least 4 members (excludes halogenated alkanes) is 1. The Bertz CT molecular complexity index is 1050. The van der Waals surface area contributed by atoms with Crippen molar-refractivity contribution in [2.75, 3.05) is 13.2 Å². The van der Waals surface area contributed by atoms with E-state index in [2.05, 4.69) is 25.9 Å². The number of aromatic nitrogens is 2. The van der Waals surface area contributed by atoms with Crippen molar-refractivity contribution in [1.29, 1.82) is 0 Å². The lowest BCUT2D eigenvalue weighted by molar-refractivity contribution is -0.143. The lowest BCUT2D eigenvalue weighted by Gasteiger charge is -2.25. The first kappa shape index (κ1) is 30.2. The van der Waals surface area contributed by atoms with Crippen LogP contribution in [0.5, 0.6) is 5.75 Å². The van der Waals surface area contributed by atoms with Gasteiger partial charge in [-0.2, -0.15) is 0 Å². The SMILES string of the molecule is NCCCCC(NC(=O)C(Cc1cnc[nH]1)NC(=O)C(N)Cc1ccc(O)cc1)C(=O)NC(CO)C(=O)O. The van der Waals surface area contributed by atoms with Crippen molar-refractivity contribution in [3.05, 3.63) is 48.0 Å². The van der Waals surface area contributed by atoms with Gasteiger partial charge in [-0.05, 0) is 49.9 Å². The van der Waals surface area contributed by atoms with Crippen LogP contribution in [0.3, 0.4) is 0 Å². The fourth-order valence-corrected chi connectivity index (χ4v) is 3.57. The van der Waals surface area contributed by atoms with Gasteiger partial charge in [-0.1, -0.05) is 12.1 Å². The van der Waals surface area contributed by atoms with Crippen molar-refractivity contribution in [3.63, 3.8) is 0 Å². The lowest BCUT2D eigenvalue weighted by Crippen LogP contribution is -2.58. The molecule has 38 heavy (non-hydrogen) atoms. The van der Waals surface area contributed by atoms with Crippen LogP contribution in [0.1, 0.15) is 30.5 Å². The summed E-state index contributed by atoms with van der Waals surface area (Å²) in [4.78, 5) is 56.9. The number of nitrogens with two attached hydrogens (primary N) is 2. The fraction of sp³-hybridized carbons (Fsp3) is 0.458. The molecular weight excluding hydrogens is 498 g/mol. The number of aliphatic hydroxyl groups excluding tert-OH is 1. The summed E-state index contributed by atoms with van der Waals surface area (Å²) < 4.78 is 0. The molecule has 14 heteroatoms. The molecule has 0 aliphatic carbocycles. The highest BCUT2D eigenvalue weighted by Gasteiger charge is 2.30. The van der Waals surface area contributed by atoms with Crippen LogP contribution >= 0.6 is 0 Å². The first-order valence-electron chi connectivity index (χ1n) is 12.1. The average Bonchev–Trinajstić information content (AvgIpc) is 3.40. The van der Waals surface area contributed by atoms with Crippen LogP contribution in [-0.4, -0.2) is 86.3 Å². The number of aliphatic hydroxyl groups is 1. The summed E-state index contributed by atoms with van der Waals surface area (Å²) in [7, 11) is 0. The maximum Gasteiger partial charge on any atom is 0.328 e. The zero-order chi connectivity index (χ0) is 28.1. The molecule has 0 radical (unpaired) electrons. The standard InChI is InChI=1S/C24H35N7O7/c25-8-2-1-3-18(22(35)31-20(12-32)24(37)38)29-23(36)19(10-15-11-27-13-28-15)30-21(34)17(26)9-14-4-6-16(33)7-5-14/h4-7,11,13,17-20,32-33H,1-3,8-10,12,25-26H2,(H,27,28)(H,29,36)(H,30,34)(H,31,35)(H,37,38). The van der Waals surface area contributed by atoms with E-state index in [4.69, 9.17) is 16.6 Å². The second kappa shape index (κ2) is 15.3. The van der Waals surface area contributed by atoms with E-state index in [0.717, 1.165) is 0 Å². The van der Waals surface area contributed by atoms with Gasteiger partial charge in [0.05, 0.1) is 19.0 Å². The number of benzene rings is 1. The van der Waals surface area contributed by atoms with Crippen molar-refractivity contribution >= 4 is 23.7 Å². The maximum absolute atomic E-state index is 13.3. The monoisotopic (exact) mass is 533 g/mol. The summed E-state index contributed by atoms with van der Waals surface area (Å²) in [5.74, 6) is -3.48. The number of H-pyrrole nitrogens is 1. The number of nitrogens with zero attached hydrogens (tertiary/aromatic N) is 1. The van der Waals surface area contributed by atoms with Crippen LogP contribution in [0.2, 0.25) is 0 Å². The number of nitrogens with one attached hydrogen (secondary N) is 4. The van der Waals surface area contributed by atoms with Gasteiger partial charge in [-0.25, -0.2) is 9.78 Å². The molecule has 2 rings (SSSR count). The largest absolute Gasteiger partial charge is 0.508 e. The molecule has 3 amide bonds. The van der Waals surface area contributed by atoms with E-state index in [9.17, 15) is 29.4 Å². The summed E-state index contributed by atoms with van der Waals surface area (Å²) in [5.41, 5.74) is 12.8. The Labute approximate surface area is 219 Å². The molecule has 2 aromatic rings. The summed E-state index contributed by atoms with van der Waals surface area (Å²) in [6, 6.07) is 1.33. The number of aliphatic carboxylic acids is 1. The second-order valence-corrected chi connectivity index (χ2v) is 8.75. The molecule has 4 atom stereocenters. The molecule has 0 saturated carbocycles. The Hall–Kier alpha value is -4.01. The van der Waals surface area contributed by atoms with Crippen molar-refractivity contribution < 1.29 is 34.5 Å². The molecule has 208 valence electrons. The van der Waals surface area contributed by atoms with Gasteiger partial charge in [0, 0.05) is 18.3 Å². The molecule has 0 aliphatic heterocycles. The average molecular weight is 534 g/mol. The van der Waals surface area contributed by atoms with Crippen molar-refractivity contribution in [3.8, 4) is 5.75 Å². The highest BCUT2D eigenvalue weighted by Crippen LogP contribution is 2.11.